The molecule has 1 aliphatic heterocycles. The molecule has 0 saturated carbocycles. The number of hydrogen-bond donors (Lipinski definition) is 0. The highest BCUT2D eigenvalue weighted by molar-refractivity contribution is 9.10. The molecule has 2 aliphatic rings. The zero-order valence-corrected chi connectivity index (χ0v) is 22.2. The molecule has 0 bridgehead atoms. The standard InChI is InChI=1S/C29H23BrN2O3S/c1-34-23-14-12-19(30)15-18(23)16-25-28(33)32-27(21-9-5-6-10-24(21)35-2)22-13-11-17-7-3-4-8-20(17)26(22)31-29(32)36-25/h3-10,12,14-16,27H,11,13H2,1-2H3/b25-16+/t27-/m1/s1. The minimum absolute atomic E-state index is 0.0675. The molecule has 0 N–H and O–H groups in total. The lowest BCUT2D eigenvalue weighted by molar-refractivity contribution is 0.402. The molecule has 0 radical (unpaired) electrons. The molecule has 36 heavy (non-hydrogen) atoms. The molecular weight excluding hydrogens is 536 g/mol. The first kappa shape index (κ1) is 23.0. The molecule has 0 fully saturated rings. The average Bonchev–Trinajstić information content (AvgIpc) is 3.22. The van der Waals surface area contributed by atoms with Crippen molar-refractivity contribution in [1.82, 2.24) is 4.57 Å². The van der Waals surface area contributed by atoms with E-state index in [4.69, 9.17) is 14.5 Å². The van der Waals surface area contributed by atoms with Gasteiger partial charge in [0.2, 0.25) is 0 Å². The van der Waals surface area contributed by atoms with Gasteiger partial charge in [-0.2, -0.15) is 0 Å². The number of rotatable bonds is 4. The number of fused-ring (bicyclic) bond motifs is 3. The molecule has 0 saturated heterocycles. The summed E-state index contributed by atoms with van der Waals surface area (Å²) in [5.41, 5.74) is 6.29. The number of allylic oxidation sites excluding steroid dienone is 1. The SMILES string of the molecule is COc1ccc(Br)cc1/C=c1/sc2n(c1=O)[C@H](c1ccccc1OC)C1=C(N=2)c2ccccc2CC1. The van der Waals surface area contributed by atoms with Crippen molar-refractivity contribution in [3.8, 4) is 11.5 Å². The number of nitrogens with zero attached hydrogens (tertiary/aromatic N) is 2. The Hall–Kier alpha value is -3.42. The van der Waals surface area contributed by atoms with Crippen LogP contribution in [0.2, 0.25) is 0 Å². The van der Waals surface area contributed by atoms with Crippen molar-refractivity contribution in [2.45, 2.75) is 18.9 Å². The first-order chi connectivity index (χ1) is 17.6. The molecule has 1 aromatic heterocycles. The number of benzene rings is 3. The van der Waals surface area contributed by atoms with E-state index in [1.165, 1.54) is 16.9 Å². The first-order valence-electron chi connectivity index (χ1n) is 11.7. The first-order valence-corrected chi connectivity index (χ1v) is 13.3. The maximum atomic E-state index is 14.0. The van der Waals surface area contributed by atoms with Crippen molar-refractivity contribution < 1.29 is 9.47 Å². The van der Waals surface area contributed by atoms with E-state index in [9.17, 15) is 4.79 Å². The summed E-state index contributed by atoms with van der Waals surface area (Å²) in [7, 11) is 3.31. The van der Waals surface area contributed by atoms with Crippen molar-refractivity contribution in [1.29, 1.82) is 0 Å². The third kappa shape index (κ3) is 3.74. The van der Waals surface area contributed by atoms with Crippen LogP contribution in [0.5, 0.6) is 11.5 Å². The highest BCUT2D eigenvalue weighted by Gasteiger charge is 2.33. The predicted molar refractivity (Wildman–Crippen MR) is 146 cm³/mol. The van der Waals surface area contributed by atoms with Gasteiger partial charge < -0.3 is 9.47 Å². The number of methoxy groups -OCH3 is 2. The third-order valence-corrected chi connectivity index (χ3v) is 8.26. The minimum atomic E-state index is -0.285. The summed E-state index contributed by atoms with van der Waals surface area (Å²) < 4.78 is 14.7. The van der Waals surface area contributed by atoms with E-state index in [0.29, 0.717) is 15.1 Å². The normalized spacial score (nSPS) is 16.6. The lowest BCUT2D eigenvalue weighted by atomic mass is 9.83. The van der Waals surface area contributed by atoms with Crippen LogP contribution in [0.25, 0.3) is 11.8 Å². The average molecular weight is 559 g/mol. The Kier molecular flexibility index (Phi) is 5.90. The molecule has 4 aromatic rings. The van der Waals surface area contributed by atoms with Crippen LogP contribution < -0.4 is 24.4 Å². The van der Waals surface area contributed by atoms with Crippen LogP contribution >= 0.6 is 27.3 Å². The number of aromatic nitrogens is 1. The van der Waals surface area contributed by atoms with Gasteiger partial charge in [-0.25, -0.2) is 4.99 Å². The van der Waals surface area contributed by atoms with E-state index < -0.39 is 0 Å². The van der Waals surface area contributed by atoms with Crippen molar-refractivity contribution in [3.63, 3.8) is 0 Å². The molecule has 2 heterocycles. The Labute approximate surface area is 220 Å². The fourth-order valence-electron chi connectivity index (χ4n) is 5.15. The van der Waals surface area contributed by atoms with E-state index >= 15 is 0 Å². The summed E-state index contributed by atoms with van der Waals surface area (Å²) in [4.78, 5) is 19.7. The predicted octanol–water partition coefficient (Wildman–Crippen LogP) is 5.10. The summed E-state index contributed by atoms with van der Waals surface area (Å²) in [6.07, 6.45) is 3.64. The van der Waals surface area contributed by atoms with Gasteiger partial charge in [-0.1, -0.05) is 69.7 Å². The van der Waals surface area contributed by atoms with Gasteiger partial charge in [0.15, 0.2) is 4.80 Å². The Bertz CT molecular complexity index is 1720. The lowest BCUT2D eigenvalue weighted by Crippen LogP contribution is -2.39. The summed E-state index contributed by atoms with van der Waals surface area (Å²) in [5, 5.41) is 0. The monoisotopic (exact) mass is 558 g/mol. The van der Waals surface area contributed by atoms with E-state index in [2.05, 4.69) is 46.3 Å². The number of ether oxygens (including phenoxy) is 2. The van der Waals surface area contributed by atoms with Gasteiger partial charge in [0.1, 0.15) is 11.5 Å². The molecule has 5 nitrogen and oxygen atoms in total. The molecule has 7 heteroatoms. The van der Waals surface area contributed by atoms with E-state index in [-0.39, 0.29) is 11.6 Å². The summed E-state index contributed by atoms with van der Waals surface area (Å²) in [5.74, 6) is 1.47. The van der Waals surface area contributed by atoms with Gasteiger partial charge in [0, 0.05) is 21.2 Å². The molecule has 0 unspecified atom stereocenters. The molecule has 1 atom stereocenters. The van der Waals surface area contributed by atoms with Crippen molar-refractivity contribution in [3.05, 3.63) is 119 Å². The third-order valence-electron chi connectivity index (χ3n) is 6.78. The molecule has 3 aromatic carbocycles. The van der Waals surface area contributed by atoms with Crippen LogP contribution in [0.3, 0.4) is 0 Å². The van der Waals surface area contributed by atoms with Gasteiger partial charge in [0.05, 0.1) is 30.5 Å². The Balaban J connectivity index is 1.65. The molecule has 6 rings (SSSR count). The lowest BCUT2D eigenvalue weighted by Gasteiger charge is -2.31. The summed E-state index contributed by atoms with van der Waals surface area (Å²) in [6.45, 7) is 0. The Morgan fingerprint density at radius 3 is 2.61 bits per heavy atom. The molecular formula is C29H23BrN2O3S. The summed E-state index contributed by atoms with van der Waals surface area (Å²) in [6, 6.07) is 21.9. The van der Waals surface area contributed by atoms with Crippen molar-refractivity contribution in [2.75, 3.05) is 14.2 Å². The van der Waals surface area contributed by atoms with Crippen molar-refractivity contribution >= 4 is 39.0 Å². The van der Waals surface area contributed by atoms with Gasteiger partial charge in [0.25, 0.3) is 5.56 Å². The van der Waals surface area contributed by atoms with Crippen LogP contribution in [0.1, 0.15) is 34.7 Å². The van der Waals surface area contributed by atoms with E-state index in [1.807, 2.05) is 47.0 Å². The van der Waals surface area contributed by atoms with Gasteiger partial charge in [-0.15, -0.1) is 0 Å². The number of aryl methyl sites for hydroxylation is 1. The van der Waals surface area contributed by atoms with Crippen LogP contribution in [0, 0.1) is 0 Å². The number of halogens is 1. The zero-order chi connectivity index (χ0) is 24.8. The van der Waals surface area contributed by atoms with Crippen LogP contribution in [-0.2, 0) is 6.42 Å². The number of hydrogen-bond acceptors (Lipinski definition) is 5. The largest absolute Gasteiger partial charge is 0.496 e. The fourth-order valence-corrected chi connectivity index (χ4v) is 6.52. The van der Waals surface area contributed by atoms with Crippen molar-refractivity contribution in [2.24, 2.45) is 4.99 Å². The minimum Gasteiger partial charge on any atom is -0.496 e. The topological polar surface area (TPSA) is 52.8 Å². The number of para-hydroxylation sites is 1. The zero-order valence-electron chi connectivity index (χ0n) is 19.8. The quantitative estimate of drug-likeness (QED) is 0.350. The molecule has 0 amide bonds. The van der Waals surface area contributed by atoms with E-state index in [0.717, 1.165) is 51.0 Å². The molecule has 0 spiro atoms. The molecule has 180 valence electrons. The Morgan fingerprint density at radius 1 is 1.00 bits per heavy atom. The van der Waals surface area contributed by atoms with Crippen LogP contribution in [-0.4, -0.2) is 18.8 Å². The molecule has 1 aliphatic carbocycles. The van der Waals surface area contributed by atoms with Crippen LogP contribution in [0.4, 0.5) is 0 Å². The highest BCUT2D eigenvalue weighted by atomic mass is 79.9. The smallest absolute Gasteiger partial charge is 0.271 e. The maximum absolute atomic E-state index is 14.0. The van der Waals surface area contributed by atoms with E-state index in [1.54, 1.807) is 14.2 Å². The maximum Gasteiger partial charge on any atom is 0.271 e. The second kappa shape index (κ2) is 9.22. The summed E-state index contributed by atoms with van der Waals surface area (Å²) >= 11 is 4.94. The second-order valence-electron chi connectivity index (χ2n) is 8.74. The Morgan fingerprint density at radius 2 is 1.78 bits per heavy atom. The van der Waals surface area contributed by atoms with Gasteiger partial charge >= 0.3 is 0 Å². The van der Waals surface area contributed by atoms with Gasteiger partial charge in [-0.3, -0.25) is 9.36 Å². The van der Waals surface area contributed by atoms with Crippen LogP contribution in [0.15, 0.2) is 86.6 Å². The van der Waals surface area contributed by atoms with Gasteiger partial charge in [-0.05, 0) is 54.3 Å². The number of thiazole rings is 1. The highest BCUT2D eigenvalue weighted by Crippen LogP contribution is 2.43. The second-order valence-corrected chi connectivity index (χ2v) is 10.7. The fraction of sp³-hybridized carbons (Fsp3) is 0.172.